The number of aromatic hydroxyl groups is 3. The fraction of sp³-hybridized carbons (Fsp3) is 0.258. The molecule has 2 heterocycles. The lowest BCUT2D eigenvalue weighted by molar-refractivity contribution is 0.174. The first-order chi connectivity index (χ1) is 19.3. The number of benzene rings is 3. The molecule has 0 aliphatic carbocycles. The number of ether oxygens (including phenoxy) is 2. The van der Waals surface area contributed by atoms with E-state index in [0.29, 0.717) is 22.5 Å². The third-order valence-corrected chi connectivity index (χ3v) is 8.32. The van der Waals surface area contributed by atoms with E-state index in [0.717, 1.165) is 11.1 Å². The van der Waals surface area contributed by atoms with Crippen molar-refractivity contribution in [3.63, 3.8) is 0 Å². The summed E-state index contributed by atoms with van der Waals surface area (Å²) in [6, 6.07) is 19.8. The summed E-state index contributed by atoms with van der Waals surface area (Å²) in [7, 11) is -2.81. The molecule has 1 aliphatic rings. The van der Waals surface area contributed by atoms with Crippen molar-refractivity contribution in [3.05, 3.63) is 77.9 Å². The minimum Gasteiger partial charge on any atom is -0.505 e. The highest BCUT2D eigenvalue weighted by Crippen LogP contribution is 2.50. The smallest absolute Gasteiger partial charge is 0.231 e. The molecule has 0 spiro atoms. The van der Waals surface area contributed by atoms with E-state index in [1.165, 1.54) is 4.57 Å². The summed E-state index contributed by atoms with van der Waals surface area (Å²) in [6.45, 7) is 9.44. The van der Waals surface area contributed by atoms with Gasteiger partial charge in [-0.1, -0.05) is 57.2 Å². The Labute approximate surface area is 239 Å². The molecule has 41 heavy (non-hydrogen) atoms. The highest BCUT2D eigenvalue weighted by Gasteiger charge is 2.29. The molecule has 3 aromatic carbocycles. The molecule has 0 fully saturated rings. The Morgan fingerprint density at radius 2 is 1.66 bits per heavy atom. The SMILES string of the molecule is CC(C)(C)C(=Nc1c(Nc2cccc(P(C)(C)=O)c2O)c(O)n(Cc2ccccc2)c1O)c1ccc2c(c1)OCO2. The van der Waals surface area contributed by atoms with Gasteiger partial charge in [0.15, 0.2) is 17.2 Å². The predicted molar refractivity (Wildman–Crippen MR) is 162 cm³/mol. The average Bonchev–Trinajstić information content (AvgIpc) is 3.46. The van der Waals surface area contributed by atoms with Crippen LogP contribution in [0.3, 0.4) is 0 Å². The van der Waals surface area contributed by atoms with Crippen LogP contribution < -0.4 is 20.1 Å². The van der Waals surface area contributed by atoms with E-state index >= 15 is 0 Å². The van der Waals surface area contributed by atoms with Gasteiger partial charge in [0, 0.05) is 11.0 Å². The number of para-hydroxylation sites is 1. The van der Waals surface area contributed by atoms with Crippen LogP contribution in [0.25, 0.3) is 0 Å². The molecule has 10 heteroatoms. The number of nitrogens with one attached hydrogen (secondary N) is 1. The van der Waals surface area contributed by atoms with Crippen molar-refractivity contribution in [1.29, 1.82) is 0 Å². The molecule has 0 bridgehead atoms. The molecule has 0 atom stereocenters. The van der Waals surface area contributed by atoms with Crippen molar-refractivity contribution >= 4 is 35.2 Å². The molecule has 1 aromatic heterocycles. The Morgan fingerprint density at radius 3 is 2.34 bits per heavy atom. The largest absolute Gasteiger partial charge is 0.505 e. The first kappa shape index (κ1) is 28.2. The van der Waals surface area contributed by atoms with Gasteiger partial charge >= 0.3 is 0 Å². The van der Waals surface area contributed by atoms with E-state index in [-0.39, 0.29) is 47.9 Å². The van der Waals surface area contributed by atoms with Crippen molar-refractivity contribution in [2.75, 3.05) is 25.4 Å². The van der Waals surface area contributed by atoms with Gasteiger partial charge in [-0.15, -0.1) is 0 Å². The number of rotatable bonds is 7. The first-order valence-corrected chi connectivity index (χ1v) is 15.8. The summed E-state index contributed by atoms with van der Waals surface area (Å²) in [4.78, 5) is 4.94. The van der Waals surface area contributed by atoms with Crippen LogP contribution in [-0.2, 0) is 11.1 Å². The van der Waals surface area contributed by atoms with Gasteiger partial charge in [0.2, 0.25) is 18.6 Å². The molecular formula is C31H34N3O6P. The number of fused-ring (bicyclic) bond motifs is 1. The van der Waals surface area contributed by atoms with Crippen molar-refractivity contribution in [1.82, 2.24) is 4.57 Å². The van der Waals surface area contributed by atoms with Crippen LogP contribution in [0, 0.1) is 5.41 Å². The highest BCUT2D eigenvalue weighted by molar-refractivity contribution is 7.70. The maximum absolute atomic E-state index is 12.8. The predicted octanol–water partition coefficient (Wildman–Crippen LogP) is 6.54. The Morgan fingerprint density at radius 1 is 0.951 bits per heavy atom. The molecule has 0 amide bonds. The molecule has 0 saturated heterocycles. The minimum atomic E-state index is -2.81. The van der Waals surface area contributed by atoms with Crippen molar-refractivity contribution in [2.24, 2.45) is 10.4 Å². The molecule has 0 radical (unpaired) electrons. The van der Waals surface area contributed by atoms with Gasteiger partial charge in [0.1, 0.15) is 18.6 Å². The van der Waals surface area contributed by atoms with Crippen LogP contribution in [0.2, 0.25) is 0 Å². The van der Waals surface area contributed by atoms with E-state index in [1.54, 1.807) is 31.5 Å². The van der Waals surface area contributed by atoms with Gasteiger partial charge in [-0.25, -0.2) is 4.99 Å². The monoisotopic (exact) mass is 575 g/mol. The number of anilines is 2. The Bertz CT molecular complexity index is 1680. The fourth-order valence-electron chi connectivity index (χ4n) is 4.74. The zero-order valence-electron chi connectivity index (χ0n) is 23.7. The van der Waals surface area contributed by atoms with Crippen molar-refractivity contribution in [2.45, 2.75) is 27.3 Å². The zero-order chi connectivity index (χ0) is 29.5. The van der Waals surface area contributed by atoms with Crippen molar-refractivity contribution < 1.29 is 29.4 Å². The van der Waals surface area contributed by atoms with E-state index in [1.807, 2.05) is 69.3 Å². The van der Waals surface area contributed by atoms with Crippen LogP contribution in [0.1, 0.15) is 31.9 Å². The Balaban J connectivity index is 1.70. The second-order valence-corrected chi connectivity index (χ2v) is 14.6. The third kappa shape index (κ3) is 5.63. The van der Waals surface area contributed by atoms with Gasteiger partial charge in [-0.2, -0.15) is 0 Å². The number of hydrogen-bond acceptors (Lipinski definition) is 8. The lowest BCUT2D eigenvalue weighted by atomic mass is 9.85. The second kappa shape index (κ2) is 10.6. The summed E-state index contributed by atoms with van der Waals surface area (Å²) in [6.07, 6.45) is 0. The summed E-state index contributed by atoms with van der Waals surface area (Å²) >= 11 is 0. The average molecular weight is 576 g/mol. The Hall–Kier alpha value is -4.36. The quantitative estimate of drug-likeness (QED) is 0.112. The molecule has 4 N–H and O–H groups in total. The lowest BCUT2D eigenvalue weighted by Gasteiger charge is -2.22. The van der Waals surface area contributed by atoms with E-state index in [4.69, 9.17) is 14.5 Å². The number of aromatic nitrogens is 1. The van der Waals surface area contributed by atoms with Crippen LogP contribution in [-0.4, -0.2) is 45.7 Å². The van der Waals surface area contributed by atoms with Crippen LogP contribution in [0.15, 0.2) is 71.7 Å². The molecule has 0 saturated carbocycles. The summed E-state index contributed by atoms with van der Waals surface area (Å²) in [5, 5.41) is 37.3. The van der Waals surface area contributed by atoms with Crippen LogP contribution in [0.4, 0.5) is 17.1 Å². The van der Waals surface area contributed by atoms with Gasteiger partial charge in [0.05, 0.1) is 23.2 Å². The molecule has 9 nitrogen and oxygen atoms in total. The standard InChI is InChI=1S/C31H34N3O6P/c1-31(2,3)28(20-14-15-22-23(16-20)40-18-39-22)33-26-25(32-21-12-9-13-24(27(21)35)41(4,5)38)29(36)34(30(26)37)17-19-10-7-6-8-11-19/h6-16,32,35-37H,17-18H2,1-5H3. The molecule has 4 aromatic rings. The third-order valence-electron chi connectivity index (χ3n) is 6.80. The molecule has 0 unspecified atom stereocenters. The summed E-state index contributed by atoms with van der Waals surface area (Å²) in [5.74, 6) is 0.501. The second-order valence-electron chi connectivity index (χ2n) is 11.4. The summed E-state index contributed by atoms with van der Waals surface area (Å²) < 4.78 is 25.2. The van der Waals surface area contributed by atoms with Gasteiger partial charge < -0.3 is 34.7 Å². The van der Waals surface area contributed by atoms with E-state index < -0.39 is 12.6 Å². The van der Waals surface area contributed by atoms with E-state index in [2.05, 4.69) is 5.32 Å². The van der Waals surface area contributed by atoms with E-state index in [9.17, 15) is 19.9 Å². The van der Waals surface area contributed by atoms with Gasteiger partial charge in [-0.3, -0.25) is 4.57 Å². The van der Waals surface area contributed by atoms with Crippen molar-refractivity contribution in [3.8, 4) is 29.0 Å². The normalized spacial score (nSPS) is 13.4. The number of phenolic OH excluding ortho intramolecular Hbond substituents is 1. The number of hydrogen-bond donors (Lipinski definition) is 4. The number of aliphatic imine (C=N–C) groups is 1. The zero-order valence-corrected chi connectivity index (χ0v) is 24.6. The molecule has 1 aliphatic heterocycles. The minimum absolute atomic E-state index is 0.0852. The lowest BCUT2D eigenvalue weighted by Crippen LogP contribution is -2.21. The summed E-state index contributed by atoms with van der Waals surface area (Å²) in [5.41, 5.74) is 2.13. The fourth-order valence-corrected chi connectivity index (χ4v) is 5.82. The maximum Gasteiger partial charge on any atom is 0.231 e. The van der Waals surface area contributed by atoms with Crippen LogP contribution in [0.5, 0.6) is 29.0 Å². The topological polar surface area (TPSA) is 126 Å². The van der Waals surface area contributed by atoms with Gasteiger partial charge in [-0.05, 0) is 49.2 Å². The maximum atomic E-state index is 12.8. The molecule has 214 valence electrons. The Kier molecular flexibility index (Phi) is 7.26. The molecular weight excluding hydrogens is 541 g/mol. The highest BCUT2D eigenvalue weighted by atomic mass is 31.2. The number of nitrogens with zero attached hydrogens (tertiary/aromatic N) is 2. The number of phenols is 1. The van der Waals surface area contributed by atoms with Gasteiger partial charge in [0.25, 0.3) is 0 Å². The molecule has 5 rings (SSSR count). The first-order valence-electron chi connectivity index (χ1n) is 13.2. The van der Waals surface area contributed by atoms with Crippen LogP contribution >= 0.6 is 7.14 Å².